The highest BCUT2D eigenvalue weighted by Crippen LogP contribution is 2.32. The monoisotopic (exact) mass is 405 g/mol. The molecule has 1 nitrogen and oxygen atoms in total. The largest absolute Gasteiger partial charge is 0.277 e. The molecule has 25 heavy (non-hydrogen) atoms. The van der Waals surface area contributed by atoms with Gasteiger partial charge < -0.3 is 0 Å². The van der Waals surface area contributed by atoms with E-state index in [1.165, 1.54) is 22.0 Å². The number of rotatable bonds is 3. The van der Waals surface area contributed by atoms with Gasteiger partial charge in [-0.05, 0) is 23.8 Å². The summed E-state index contributed by atoms with van der Waals surface area (Å²) in [5.74, 6) is 0. The summed E-state index contributed by atoms with van der Waals surface area (Å²) < 4.78 is -1.74. The molecule has 0 aromatic heterocycles. The van der Waals surface area contributed by atoms with Crippen molar-refractivity contribution in [2.24, 2.45) is 0 Å². The van der Waals surface area contributed by atoms with E-state index >= 15 is 0 Å². The van der Waals surface area contributed by atoms with Gasteiger partial charge in [0, 0.05) is 0 Å². The summed E-state index contributed by atoms with van der Waals surface area (Å²) in [5.41, 5.74) is 0. The lowest BCUT2D eigenvalue weighted by molar-refractivity contribution is 1.39. The van der Waals surface area contributed by atoms with Crippen molar-refractivity contribution in [2.45, 2.75) is 3.79 Å². The fourth-order valence-corrected chi connectivity index (χ4v) is 4.48. The topological polar surface area (TPSA) is 23.8 Å². The second-order valence-corrected chi connectivity index (χ2v) is 9.45. The lowest BCUT2D eigenvalue weighted by atomic mass is 10.4. The number of hydrogen-bond donors (Lipinski definition) is 0. The van der Waals surface area contributed by atoms with Crippen LogP contribution in [0.25, 0.3) is 0 Å². The minimum absolute atomic E-state index is 0.446. The van der Waals surface area contributed by atoms with Crippen LogP contribution in [0.15, 0.2) is 91.0 Å². The lowest BCUT2D eigenvalue weighted by Gasteiger charge is -2.18. The molecule has 0 unspecified atom stereocenters. The Labute approximate surface area is 164 Å². The molecule has 0 aliphatic heterocycles. The fourth-order valence-electron chi connectivity index (χ4n) is 2.18. The highest BCUT2D eigenvalue weighted by molar-refractivity contribution is 7.79. The molecule has 0 radical (unpaired) electrons. The molecular weight excluding hydrogens is 392 g/mol. The number of hydrogen-bond acceptors (Lipinski definition) is 1. The Balaban J connectivity index is 0.000000326. The van der Waals surface area contributed by atoms with Gasteiger partial charge in [-0.3, -0.25) is 0 Å². The standard InChI is InChI=1S/C18H15P.C2Cl3N/c1-4-10-16(11-5-1)19(17-12-6-2-7-13-17)18-14-8-3-9-15-18;3-2(4,5)1-6/h1-15H;. The van der Waals surface area contributed by atoms with Crippen molar-refractivity contribution >= 4 is 58.6 Å². The van der Waals surface area contributed by atoms with E-state index in [9.17, 15) is 0 Å². The quantitative estimate of drug-likeness (QED) is 0.426. The summed E-state index contributed by atoms with van der Waals surface area (Å²) in [5, 5.41) is 12.0. The first kappa shape index (κ1) is 19.8. The first-order valence-corrected chi connectivity index (χ1v) is 9.92. The Morgan fingerprint density at radius 2 is 0.840 bits per heavy atom. The molecule has 0 aliphatic carbocycles. The zero-order chi connectivity index (χ0) is 18.1. The second kappa shape index (κ2) is 9.81. The van der Waals surface area contributed by atoms with Gasteiger partial charge in [0.25, 0.3) is 3.79 Å². The van der Waals surface area contributed by atoms with Crippen LogP contribution in [0.2, 0.25) is 0 Å². The maximum atomic E-state index is 7.76. The third-order valence-corrected chi connectivity index (χ3v) is 5.87. The first-order chi connectivity index (χ1) is 12.0. The molecular formula is C20H15Cl3NP. The molecule has 3 rings (SSSR count). The maximum absolute atomic E-state index is 7.76. The van der Waals surface area contributed by atoms with Gasteiger partial charge in [0.15, 0.2) is 0 Å². The molecule has 5 heteroatoms. The van der Waals surface area contributed by atoms with Crippen LogP contribution >= 0.6 is 42.7 Å². The lowest BCUT2D eigenvalue weighted by Crippen LogP contribution is -2.20. The van der Waals surface area contributed by atoms with Crippen LogP contribution in [0.5, 0.6) is 0 Å². The van der Waals surface area contributed by atoms with Gasteiger partial charge in [0.2, 0.25) is 0 Å². The van der Waals surface area contributed by atoms with Crippen LogP contribution in [-0.2, 0) is 0 Å². The Kier molecular flexibility index (Phi) is 7.76. The second-order valence-electron chi connectivity index (χ2n) is 4.95. The molecule has 126 valence electrons. The summed E-state index contributed by atoms with van der Waals surface area (Å²) in [6.45, 7) is 0. The predicted molar refractivity (Wildman–Crippen MR) is 111 cm³/mol. The number of nitriles is 1. The average molecular weight is 407 g/mol. The van der Waals surface area contributed by atoms with Gasteiger partial charge in [-0.25, -0.2) is 0 Å². The number of nitrogens with zero attached hydrogens (tertiary/aromatic N) is 1. The van der Waals surface area contributed by atoms with Gasteiger partial charge in [-0.1, -0.05) is 126 Å². The highest BCUT2D eigenvalue weighted by Gasteiger charge is 2.16. The van der Waals surface area contributed by atoms with E-state index in [0.29, 0.717) is 0 Å². The number of halogens is 3. The van der Waals surface area contributed by atoms with Crippen molar-refractivity contribution in [1.29, 1.82) is 5.26 Å². The van der Waals surface area contributed by atoms with Crippen LogP contribution in [-0.4, -0.2) is 3.79 Å². The number of alkyl halides is 3. The molecule has 0 spiro atoms. The van der Waals surface area contributed by atoms with Crippen LogP contribution in [0.3, 0.4) is 0 Å². The van der Waals surface area contributed by atoms with Crippen LogP contribution < -0.4 is 15.9 Å². The average Bonchev–Trinajstić information content (AvgIpc) is 2.65. The Morgan fingerprint density at radius 1 is 0.600 bits per heavy atom. The summed E-state index contributed by atoms with van der Waals surface area (Å²) >= 11 is 14.7. The minimum Gasteiger partial charge on any atom is -0.194 e. The molecule has 0 heterocycles. The predicted octanol–water partition coefficient (Wildman–Crippen LogP) is 5.32. The summed E-state index contributed by atoms with van der Waals surface area (Å²) in [4.78, 5) is 0. The van der Waals surface area contributed by atoms with Crippen molar-refractivity contribution in [1.82, 2.24) is 0 Å². The Bertz CT molecular complexity index is 703. The van der Waals surface area contributed by atoms with Crippen molar-refractivity contribution < 1.29 is 0 Å². The molecule has 0 N–H and O–H groups in total. The zero-order valence-corrected chi connectivity index (χ0v) is 16.4. The van der Waals surface area contributed by atoms with Gasteiger partial charge in [-0.15, -0.1) is 0 Å². The van der Waals surface area contributed by atoms with Crippen molar-refractivity contribution in [2.75, 3.05) is 0 Å². The molecule has 0 saturated heterocycles. The van der Waals surface area contributed by atoms with Crippen LogP contribution in [0.4, 0.5) is 0 Å². The van der Waals surface area contributed by atoms with E-state index < -0.39 is 11.7 Å². The molecule has 0 atom stereocenters. The molecule has 0 bridgehead atoms. The molecule has 3 aromatic rings. The van der Waals surface area contributed by atoms with E-state index in [2.05, 4.69) is 91.0 Å². The fraction of sp³-hybridized carbons (Fsp3) is 0.0500. The molecule has 3 aromatic carbocycles. The molecule has 0 amide bonds. The number of benzene rings is 3. The van der Waals surface area contributed by atoms with E-state index in [1.54, 1.807) is 0 Å². The minimum atomic E-state index is -1.74. The summed E-state index contributed by atoms with van der Waals surface area (Å²) in [6.07, 6.45) is 0. The van der Waals surface area contributed by atoms with E-state index in [0.717, 1.165) is 0 Å². The van der Waals surface area contributed by atoms with E-state index in [1.807, 2.05) is 0 Å². The van der Waals surface area contributed by atoms with Gasteiger partial charge in [-0.2, -0.15) is 5.26 Å². The normalized spacial score (nSPS) is 10.5. The van der Waals surface area contributed by atoms with Crippen LogP contribution in [0, 0.1) is 11.3 Å². The third-order valence-electron chi connectivity index (χ3n) is 3.17. The van der Waals surface area contributed by atoms with E-state index in [4.69, 9.17) is 40.1 Å². The summed E-state index contributed by atoms with van der Waals surface area (Å²) in [7, 11) is -0.446. The zero-order valence-electron chi connectivity index (χ0n) is 13.2. The maximum Gasteiger partial charge on any atom is 0.277 e. The molecule has 0 aliphatic rings. The Hall–Kier alpha value is -1.55. The van der Waals surface area contributed by atoms with Crippen molar-refractivity contribution in [3.63, 3.8) is 0 Å². The van der Waals surface area contributed by atoms with Crippen molar-refractivity contribution in [3.05, 3.63) is 91.0 Å². The van der Waals surface area contributed by atoms with Crippen molar-refractivity contribution in [3.8, 4) is 6.07 Å². The SMILES string of the molecule is N#CC(Cl)(Cl)Cl.c1ccc(P(c2ccccc2)c2ccccc2)cc1. The third kappa shape index (κ3) is 6.69. The smallest absolute Gasteiger partial charge is 0.194 e. The highest BCUT2D eigenvalue weighted by atomic mass is 35.6. The Morgan fingerprint density at radius 3 is 1.04 bits per heavy atom. The van der Waals surface area contributed by atoms with Gasteiger partial charge >= 0.3 is 0 Å². The first-order valence-electron chi connectivity index (χ1n) is 7.44. The van der Waals surface area contributed by atoms with E-state index in [-0.39, 0.29) is 0 Å². The van der Waals surface area contributed by atoms with Crippen LogP contribution in [0.1, 0.15) is 0 Å². The van der Waals surface area contributed by atoms with Gasteiger partial charge in [0.1, 0.15) is 6.07 Å². The summed E-state index contributed by atoms with van der Waals surface area (Å²) in [6, 6.07) is 33.7. The molecule has 0 saturated carbocycles. The molecule has 0 fully saturated rings. The van der Waals surface area contributed by atoms with Gasteiger partial charge in [0.05, 0.1) is 0 Å².